The molecule has 7 heteroatoms. The Balaban J connectivity index is 1.70. The molecule has 0 saturated carbocycles. The largest absolute Gasteiger partial charge is 0.494 e. The number of benzene rings is 2. The van der Waals surface area contributed by atoms with Gasteiger partial charge in [0.15, 0.2) is 11.5 Å². The topological polar surface area (TPSA) is 77.1 Å². The number of amides is 2. The number of carbonyl (C=O) groups is 2. The van der Waals surface area contributed by atoms with Gasteiger partial charge in [-0.25, -0.2) is 0 Å². The van der Waals surface area contributed by atoms with Gasteiger partial charge in [-0.1, -0.05) is 6.07 Å². The second-order valence-electron chi connectivity index (χ2n) is 6.35. The van der Waals surface area contributed by atoms with Crippen LogP contribution in [0.3, 0.4) is 0 Å². The molecule has 1 atom stereocenters. The summed E-state index contributed by atoms with van der Waals surface area (Å²) in [5.74, 6) is 1.27. The molecule has 2 amide bonds. The van der Waals surface area contributed by atoms with Crippen molar-refractivity contribution in [3.63, 3.8) is 0 Å². The Labute approximate surface area is 164 Å². The highest BCUT2D eigenvalue weighted by Crippen LogP contribution is 2.31. The Hall–Kier alpha value is -3.22. The summed E-state index contributed by atoms with van der Waals surface area (Å²) in [5.41, 5.74) is 1.15. The highest BCUT2D eigenvalue weighted by Gasteiger charge is 2.32. The maximum absolute atomic E-state index is 12.7. The van der Waals surface area contributed by atoms with E-state index < -0.39 is 0 Å². The zero-order chi connectivity index (χ0) is 20.1. The Morgan fingerprint density at radius 3 is 2.54 bits per heavy atom. The van der Waals surface area contributed by atoms with Crippen LogP contribution < -0.4 is 24.4 Å². The standard InChI is InChI=1S/C21H24N2O5/c1-4-28-16-10-8-15(9-11-16)23-13-14(12-19(23)24)22-21(25)17-6-5-7-18(26-2)20(17)27-3/h5-11,14H,4,12-13H2,1-3H3,(H,22,25)/t14-/m1/s1. The van der Waals surface area contributed by atoms with Crippen LogP contribution in [-0.2, 0) is 4.79 Å². The summed E-state index contributed by atoms with van der Waals surface area (Å²) in [7, 11) is 3.01. The summed E-state index contributed by atoms with van der Waals surface area (Å²) in [6.07, 6.45) is 0.241. The molecule has 1 N–H and O–H groups in total. The molecule has 0 bridgehead atoms. The summed E-state index contributed by atoms with van der Waals surface area (Å²) in [6.45, 7) is 2.91. The fraction of sp³-hybridized carbons (Fsp3) is 0.333. The predicted octanol–water partition coefficient (Wildman–Crippen LogP) is 2.64. The average molecular weight is 384 g/mol. The first-order chi connectivity index (χ1) is 13.6. The minimum Gasteiger partial charge on any atom is -0.494 e. The fourth-order valence-corrected chi connectivity index (χ4v) is 3.27. The number of nitrogens with one attached hydrogen (secondary N) is 1. The molecule has 2 aromatic rings. The second-order valence-corrected chi connectivity index (χ2v) is 6.35. The first-order valence-electron chi connectivity index (χ1n) is 9.12. The summed E-state index contributed by atoms with van der Waals surface area (Å²) >= 11 is 0. The lowest BCUT2D eigenvalue weighted by Gasteiger charge is -2.18. The summed E-state index contributed by atoms with van der Waals surface area (Å²) in [5, 5.41) is 2.92. The van der Waals surface area contributed by atoms with E-state index in [4.69, 9.17) is 14.2 Å². The van der Waals surface area contributed by atoms with Crippen molar-refractivity contribution in [2.45, 2.75) is 19.4 Å². The molecular formula is C21H24N2O5. The number of hydrogen-bond acceptors (Lipinski definition) is 5. The van der Waals surface area contributed by atoms with Crippen LogP contribution in [0.25, 0.3) is 0 Å². The number of rotatable bonds is 7. The molecule has 0 aromatic heterocycles. The van der Waals surface area contributed by atoms with Crippen molar-refractivity contribution >= 4 is 17.5 Å². The summed E-state index contributed by atoms with van der Waals surface area (Å²) in [4.78, 5) is 26.8. The molecule has 1 fully saturated rings. The van der Waals surface area contributed by atoms with Crippen molar-refractivity contribution in [1.82, 2.24) is 5.32 Å². The zero-order valence-corrected chi connectivity index (χ0v) is 16.2. The third-order valence-electron chi connectivity index (χ3n) is 4.57. The molecule has 148 valence electrons. The van der Waals surface area contributed by atoms with Crippen LogP contribution in [0.1, 0.15) is 23.7 Å². The van der Waals surface area contributed by atoms with Gasteiger partial charge in [-0.3, -0.25) is 9.59 Å². The van der Waals surface area contributed by atoms with Crippen molar-refractivity contribution < 1.29 is 23.8 Å². The van der Waals surface area contributed by atoms with Crippen molar-refractivity contribution in [2.24, 2.45) is 0 Å². The Bertz CT molecular complexity index is 850. The molecule has 1 aliphatic rings. The van der Waals surface area contributed by atoms with Gasteiger partial charge >= 0.3 is 0 Å². The van der Waals surface area contributed by atoms with Gasteiger partial charge in [-0.15, -0.1) is 0 Å². The molecular weight excluding hydrogens is 360 g/mol. The summed E-state index contributed by atoms with van der Waals surface area (Å²) < 4.78 is 16.0. The highest BCUT2D eigenvalue weighted by molar-refractivity contribution is 6.00. The molecule has 1 heterocycles. The summed E-state index contributed by atoms with van der Waals surface area (Å²) in [6, 6.07) is 12.2. The molecule has 0 aliphatic carbocycles. The van der Waals surface area contributed by atoms with E-state index in [0.29, 0.717) is 30.2 Å². The number of carbonyl (C=O) groups excluding carboxylic acids is 2. The van der Waals surface area contributed by atoms with E-state index in [0.717, 1.165) is 11.4 Å². The lowest BCUT2D eigenvalue weighted by Crippen LogP contribution is -2.37. The maximum atomic E-state index is 12.7. The Morgan fingerprint density at radius 2 is 1.89 bits per heavy atom. The lowest BCUT2D eigenvalue weighted by atomic mass is 10.1. The number of nitrogens with zero attached hydrogens (tertiary/aromatic N) is 1. The average Bonchev–Trinajstić information content (AvgIpc) is 3.08. The fourth-order valence-electron chi connectivity index (χ4n) is 3.27. The molecule has 0 radical (unpaired) electrons. The molecule has 0 unspecified atom stereocenters. The number of hydrogen-bond donors (Lipinski definition) is 1. The van der Waals surface area contributed by atoms with Gasteiger partial charge in [0.05, 0.1) is 32.4 Å². The number of anilines is 1. The highest BCUT2D eigenvalue weighted by atomic mass is 16.5. The molecule has 2 aromatic carbocycles. The quantitative estimate of drug-likeness (QED) is 0.794. The number of methoxy groups -OCH3 is 2. The van der Waals surface area contributed by atoms with Gasteiger partial charge in [0.1, 0.15) is 5.75 Å². The monoisotopic (exact) mass is 384 g/mol. The van der Waals surface area contributed by atoms with E-state index >= 15 is 0 Å². The smallest absolute Gasteiger partial charge is 0.255 e. The SMILES string of the molecule is CCOc1ccc(N2C[C@H](NC(=O)c3cccc(OC)c3OC)CC2=O)cc1. The van der Waals surface area contributed by atoms with Crippen molar-refractivity contribution in [1.29, 1.82) is 0 Å². The van der Waals surface area contributed by atoms with Crippen molar-refractivity contribution in [2.75, 3.05) is 32.3 Å². The molecule has 1 saturated heterocycles. The van der Waals surface area contributed by atoms with Gasteiger partial charge < -0.3 is 24.4 Å². The van der Waals surface area contributed by atoms with Crippen LogP contribution >= 0.6 is 0 Å². The van der Waals surface area contributed by atoms with E-state index in [2.05, 4.69) is 5.32 Å². The molecule has 3 rings (SSSR count). The minimum atomic E-state index is -0.304. The van der Waals surface area contributed by atoms with Crippen LogP contribution in [0.5, 0.6) is 17.2 Å². The first-order valence-corrected chi connectivity index (χ1v) is 9.12. The third-order valence-corrected chi connectivity index (χ3v) is 4.57. The van der Waals surface area contributed by atoms with E-state index in [1.54, 1.807) is 23.1 Å². The van der Waals surface area contributed by atoms with Crippen LogP contribution in [0, 0.1) is 0 Å². The van der Waals surface area contributed by atoms with Gasteiger partial charge in [-0.05, 0) is 43.3 Å². The van der Waals surface area contributed by atoms with Gasteiger partial charge in [0.2, 0.25) is 5.91 Å². The molecule has 1 aliphatic heterocycles. The van der Waals surface area contributed by atoms with Gasteiger partial charge in [-0.2, -0.15) is 0 Å². The minimum absolute atomic E-state index is 0.0351. The van der Waals surface area contributed by atoms with E-state index in [1.807, 2.05) is 31.2 Å². The molecule has 28 heavy (non-hydrogen) atoms. The zero-order valence-electron chi connectivity index (χ0n) is 16.2. The number of para-hydroxylation sites is 1. The van der Waals surface area contributed by atoms with Gasteiger partial charge in [0, 0.05) is 18.7 Å². The van der Waals surface area contributed by atoms with E-state index in [9.17, 15) is 9.59 Å². The van der Waals surface area contributed by atoms with Crippen LogP contribution in [0.4, 0.5) is 5.69 Å². The van der Waals surface area contributed by atoms with Gasteiger partial charge in [0.25, 0.3) is 5.91 Å². The molecule has 0 spiro atoms. The normalized spacial score (nSPS) is 16.0. The van der Waals surface area contributed by atoms with Crippen LogP contribution in [-0.4, -0.2) is 45.2 Å². The predicted molar refractivity (Wildman–Crippen MR) is 105 cm³/mol. The Kier molecular flexibility index (Phi) is 6.03. The molecule has 7 nitrogen and oxygen atoms in total. The third kappa shape index (κ3) is 4.03. The second kappa shape index (κ2) is 8.65. The first kappa shape index (κ1) is 19.5. The lowest BCUT2D eigenvalue weighted by molar-refractivity contribution is -0.117. The van der Waals surface area contributed by atoms with Crippen molar-refractivity contribution in [3.8, 4) is 17.2 Å². The Morgan fingerprint density at radius 1 is 1.14 bits per heavy atom. The number of ether oxygens (including phenoxy) is 3. The van der Waals surface area contributed by atoms with Crippen LogP contribution in [0.15, 0.2) is 42.5 Å². The maximum Gasteiger partial charge on any atom is 0.255 e. The van der Waals surface area contributed by atoms with Crippen molar-refractivity contribution in [3.05, 3.63) is 48.0 Å². The van der Waals surface area contributed by atoms with Crippen LogP contribution in [0.2, 0.25) is 0 Å². The van der Waals surface area contributed by atoms with E-state index in [-0.39, 0.29) is 24.3 Å². The van der Waals surface area contributed by atoms with E-state index in [1.165, 1.54) is 14.2 Å².